The Balaban J connectivity index is 2.69. The molecule has 0 saturated carbocycles. The zero-order valence-electron chi connectivity index (χ0n) is 8.02. The lowest BCUT2D eigenvalue weighted by molar-refractivity contribution is -0.117. The molecule has 0 N–H and O–H groups in total. The molecule has 0 amide bonds. The van der Waals surface area contributed by atoms with Gasteiger partial charge in [-0.1, -0.05) is 34.8 Å². The van der Waals surface area contributed by atoms with Gasteiger partial charge in [-0.15, -0.1) is 0 Å². The van der Waals surface area contributed by atoms with Gasteiger partial charge in [0.15, 0.2) is 0 Å². The van der Waals surface area contributed by atoms with Crippen LogP contribution in [0.25, 0.3) is 0 Å². The normalized spacial score (nSPS) is 10.1. The van der Waals surface area contributed by atoms with Gasteiger partial charge in [-0.05, 0) is 13.0 Å². The van der Waals surface area contributed by atoms with Gasteiger partial charge in [0.1, 0.15) is 11.5 Å². The van der Waals surface area contributed by atoms with Crippen LogP contribution in [-0.4, -0.2) is 12.4 Å². The molecule has 82 valence electrons. The van der Waals surface area contributed by atoms with Crippen molar-refractivity contribution in [3.8, 4) is 5.75 Å². The first-order valence-electron chi connectivity index (χ1n) is 4.27. The number of ether oxygens (including phenoxy) is 1. The van der Waals surface area contributed by atoms with E-state index >= 15 is 0 Å². The van der Waals surface area contributed by atoms with Crippen LogP contribution in [0.1, 0.15) is 13.3 Å². The molecular formula is C10H9Cl3O2. The number of carbonyl (C=O) groups excluding carboxylic acids is 1. The molecule has 0 aliphatic heterocycles. The van der Waals surface area contributed by atoms with Crippen LogP contribution in [0.15, 0.2) is 12.1 Å². The van der Waals surface area contributed by atoms with E-state index in [0.29, 0.717) is 27.2 Å². The van der Waals surface area contributed by atoms with Crippen LogP contribution in [0.5, 0.6) is 5.75 Å². The topological polar surface area (TPSA) is 26.3 Å². The molecule has 0 spiro atoms. The average Bonchev–Trinajstić information content (AvgIpc) is 2.13. The minimum absolute atomic E-state index is 0.0613. The van der Waals surface area contributed by atoms with Gasteiger partial charge in [0.2, 0.25) is 0 Å². The number of benzene rings is 1. The van der Waals surface area contributed by atoms with Crippen LogP contribution in [-0.2, 0) is 4.79 Å². The maximum Gasteiger partial charge on any atom is 0.139 e. The Morgan fingerprint density at radius 2 is 1.80 bits per heavy atom. The van der Waals surface area contributed by atoms with E-state index in [0.717, 1.165) is 0 Å². The summed E-state index contributed by atoms with van der Waals surface area (Å²) in [6.45, 7) is 1.78. The molecule has 1 rings (SSSR count). The molecular weight excluding hydrogens is 258 g/mol. The molecule has 0 atom stereocenters. The van der Waals surface area contributed by atoms with E-state index in [1.54, 1.807) is 0 Å². The van der Waals surface area contributed by atoms with Crippen molar-refractivity contribution in [2.75, 3.05) is 6.61 Å². The van der Waals surface area contributed by atoms with Crippen LogP contribution < -0.4 is 4.74 Å². The second-order valence-electron chi connectivity index (χ2n) is 3.00. The van der Waals surface area contributed by atoms with E-state index in [1.165, 1.54) is 19.1 Å². The van der Waals surface area contributed by atoms with Gasteiger partial charge in [-0.3, -0.25) is 4.79 Å². The Labute approximate surface area is 103 Å². The SMILES string of the molecule is CC(=O)CCOc1cc(Cl)c(Cl)cc1Cl. The maximum absolute atomic E-state index is 10.7. The van der Waals surface area contributed by atoms with Gasteiger partial charge in [0.25, 0.3) is 0 Å². The molecule has 0 fully saturated rings. The minimum atomic E-state index is 0.0613. The number of rotatable bonds is 4. The van der Waals surface area contributed by atoms with Crippen molar-refractivity contribution in [3.05, 3.63) is 27.2 Å². The second-order valence-corrected chi connectivity index (χ2v) is 4.22. The standard InChI is InChI=1S/C10H9Cl3O2/c1-6(14)2-3-15-10-5-8(12)7(11)4-9(10)13/h4-5H,2-3H2,1H3. The van der Waals surface area contributed by atoms with Crippen molar-refractivity contribution >= 4 is 40.6 Å². The fraction of sp³-hybridized carbons (Fsp3) is 0.300. The summed E-state index contributed by atoms with van der Waals surface area (Å²) in [5.41, 5.74) is 0. The molecule has 0 unspecified atom stereocenters. The number of halogens is 3. The summed E-state index contributed by atoms with van der Waals surface area (Å²) in [7, 11) is 0. The maximum atomic E-state index is 10.7. The molecule has 2 nitrogen and oxygen atoms in total. The largest absolute Gasteiger partial charge is 0.492 e. The summed E-state index contributed by atoms with van der Waals surface area (Å²) < 4.78 is 5.29. The molecule has 1 aromatic rings. The van der Waals surface area contributed by atoms with Gasteiger partial charge in [-0.2, -0.15) is 0 Å². The van der Waals surface area contributed by atoms with Crippen molar-refractivity contribution in [1.82, 2.24) is 0 Å². The zero-order chi connectivity index (χ0) is 11.4. The van der Waals surface area contributed by atoms with Crippen molar-refractivity contribution < 1.29 is 9.53 Å². The molecule has 15 heavy (non-hydrogen) atoms. The second kappa shape index (κ2) is 5.59. The highest BCUT2D eigenvalue weighted by atomic mass is 35.5. The van der Waals surface area contributed by atoms with E-state index in [9.17, 15) is 4.79 Å². The third-order valence-corrected chi connectivity index (χ3v) is 2.70. The number of ketones is 1. The van der Waals surface area contributed by atoms with Crippen LogP contribution in [0.3, 0.4) is 0 Å². The third-order valence-electron chi connectivity index (χ3n) is 1.69. The smallest absolute Gasteiger partial charge is 0.139 e. The minimum Gasteiger partial charge on any atom is -0.492 e. The number of hydrogen-bond donors (Lipinski definition) is 0. The van der Waals surface area contributed by atoms with Crippen molar-refractivity contribution in [2.45, 2.75) is 13.3 Å². The quantitative estimate of drug-likeness (QED) is 0.771. The summed E-state index contributed by atoms with van der Waals surface area (Å²) in [6, 6.07) is 3.04. The van der Waals surface area contributed by atoms with Crippen LogP contribution in [0.2, 0.25) is 15.1 Å². The highest BCUT2D eigenvalue weighted by Gasteiger charge is 2.07. The molecule has 0 aliphatic carbocycles. The molecule has 0 saturated heterocycles. The predicted octanol–water partition coefficient (Wildman–Crippen LogP) is 4.00. The molecule has 0 aromatic heterocycles. The van der Waals surface area contributed by atoms with Crippen molar-refractivity contribution in [3.63, 3.8) is 0 Å². The van der Waals surface area contributed by atoms with Gasteiger partial charge in [0.05, 0.1) is 21.7 Å². The van der Waals surface area contributed by atoms with E-state index in [-0.39, 0.29) is 12.4 Å². The van der Waals surface area contributed by atoms with Crippen LogP contribution in [0.4, 0.5) is 0 Å². The van der Waals surface area contributed by atoms with Gasteiger partial charge in [-0.25, -0.2) is 0 Å². The predicted molar refractivity (Wildman–Crippen MR) is 62.3 cm³/mol. The van der Waals surface area contributed by atoms with Crippen molar-refractivity contribution in [2.24, 2.45) is 0 Å². The molecule has 0 radical (unpaired) electrons. The number of hydrogen-bond acceptors (Lipinski definition) is 2. The Bertz CT molecular complexity index is 377. The summed E-state index contributed by atoms with van der Waals surface area (Å²) in [5, 5.41) is 1.13. The van der Waals surface area contributed by atoms with Crippen LogP contribution in [0, 0.1) is 0 Å². The zero-order valence-corrected chi connectivity index (χ0v) is 10.3. The highest BCUT2D eigenvalue weighted by Crippen LogP contribution is 2.33. The summed E-state index contributed by atoms with van der Waals surface area (Å²) in [5.74, 6) is 0.499. The Kier molecular flexibility index (Phi) is 4.71. The lowest BCUT2D eigenvalue weighted by Crippen LogP contribution is -2.02. The molecule has 0 bridgehead atoms. The summed E-state index contributed by atoms with van der Waals surface area (Å²) >= 11 is 17.4. The van der Waals surface area contributed by atoms with Crippen LogP contribution >= 0.6 is 34.8 Å². The van der Waals surface area contributed by atoms with Gasteiger partial charge >= 0.3 is 0 Å². The fourth-order valence-corrected chi connectivity index (χ4v) is 1.51. The third kappa shape index (κ3) is 3.90. The van der Waals surface area contributed by atoms with E-state index in [1.807, 2.05) is 0 Å². The monoisotopic (exact) mass is 266 g/mol. The first-order valence-corrected chi connectivity index (χ1v) is 5.41. The lowest BCUT2D eigenvalue weighted by atomic mass is 10.3. The first-order chi connectivity index (χ1) is 7.00. The fourth-order valence-electron chi connectivity index (χ4n) is 0.920. The van der Waals surface area contributed by atoms with E-state index < -0.39 is 0 Å². The highest BCUT2D eigenvalue weighted by molar-refractivity contribution is 6.43. The van der Waals surface area contributed by atoms with Gasteiger partial charge in [0, 0.05) is 12.5 Å². The first kappa shape index (κ1) is 12.6. The summed E-state index contributed by atoms with van der Waals surface area (Å²) in [4.78, 5) is 10.7. The van der Waals surface area contributed by atoms with E-state index in [2.05, 4.69) is 0 Å². The Morgan fingerprint density at radius 3 is 2.40 bits per heavy atom. The molecule has 1 aromatic carbocycles. The molecule has 5 heteroatoms. The lowest BCUT2D eigenvalue weighted by Gasteiger charge is -2.08. The summed E-state index contributed by atoms with van der Waals surface area (Å²) in [6.07, 6.45) is 0.344. The Morgan fingerprint density at radius 1 is 1.20 bits per heavy atom. The van der Waals surface area contributed by atoms with Crippen molar-refractivity contribution in [1.29, 1.82) is 0 Å². The average molecular weight is 268 g/mol. The molecule has 0 heterocycles. The molecule has 0 aliphatic rings. The number of Topliss-reactive ketones (excluding diaryl/α,β-unsaturated/α-hetero) is 1. The number of carbonyl (C=O) groups is 1. The van der Waals surface area contributed by atoms with Gasteiger partial charge < -0.3 is 4.74 Å². The Hall–Kier alpha value is -0.440. The van der Waals surface area contributed by atoms with E-state index in [4.69, 9.17) is 39.5 Å².